The number of halogens is 1. The van der Waals surface area contributed by atoms with Gasteiger partial charge in [-0.05, 0) is 18.2 Å². The van der Waals surface area contributed by atoms with Crippen LogP contribution in [-0.2, 0) is 7.05 Å². The molecule has 0 amide bonds. The number of aromatic nitrogens is 2. The van der Waals surface area contributed by atoms with Crippen molar-refractivity contribution >= 4 is 5.69 Å². The van der Waals surface area contributed by atoms with Gasteiger partial charge in [0.2, 0.25) is 0 Å². The monoisotopic (exact) mass is 234 g/mol. The predicted octanol–water partition coefficient (Wildman–Crippen LogP) is 1.67. The molecule has 0 fully saturated rings. The summed E-state index contributed by atoms with van der Waals surface area (Å²) in [6.45, 7) is 0.413. The number of rotatable bonds is 4. The Bertz CT molecular complexity index is 495. The van der Waals surface area contributed by atoms with Gasteiger partial charge in [-0.2, -0.15) is 0 Å². The Morgan fingerprint density at radius 3 is 2.94 bits per heavy atom. The zero-order valence-corrected chi connectivity index (χ0v) is 9.60. The van der Waals surface area contributed by atoms with Gasteiger partial charge < -0.3 is 15.6 Å². The van der Waals surface area contributed by atoms with E-state index in [1.54, 1.807) is 18.6 Å². The third kappa shape index (κ3) is 2.62. The number of nitrogens with zero attached hydrogens (tertiary/aromatic N) is 2. The highest BCUT2D eigenvalue weighted by molar-refractivity contribution is 5.45. The summed E-state index contributed by atoms with van der Waals surface area (Å²) in [6.07, 6.45) is 3.47. The van der Waals surface area contributed by atoms with Crippen LogP contribution in [0.4, 0.5) is 10.1 Å². The highest BCUT2D eigenvalue weighted by Crippen LogP contribution is 2.18. The van der Waals surface area contributed by atoms with Crippen molar-refractivity contribution in [1.82, 2.24) is 9.55 Å². The zero-order valence-electron chi connectivity index (χ0n) is 9.60. The van der Waals surface area contributed by atoms with E-state index in [1.165, 1.54) is 12.1 Å². The minimum absolute atomic E-state index is 0.0794. The van der Waals surface area contributed by atoms with Crippen LogP contribution >= 0.6 is 0 Å². The number of hydrogen-bond acceptors (Lipinski definition) is 3. The van der Waals surface area contributed by atoms with Gasteiger partial charge in [-0.3, -0.25) is 0 Å². The molecule has 0 radical (unpaired) electrons. The Morgan fingerprint density at radius 2 is 2.35 bits per heavy atom. The van der Waals surface area contributed by atoms with Crippen LogP contribution in [0.1, 0.15) is 11.7 Å². The van der Waals surface area contributed by atoms with Crippen molar-refractivity contribution in [2.45, 2.75) is 6.04 Å². The van der Waals surface area contributed by atoms with Crippen LogP contribution in [0.25, 0.3) is 0 Å². The van der Waals surface area contributed by atoms with Gasteiger partial charge >= 0.3 is 0 Å². The first-order chi connectivity index (χ1) is 8.20. The van der Waals surface area contributed by atoms with Crippen LogP contribution in [0, 0.1) is 5.82 Å². The summed E-state index contributed by atoms with van der Waals surface area (Å²) in [6, 6.07) is 6.24. The first-order valence-electron chi connectivity index (χ1n) is 5.39. The number of hydrogen-bond donors (Lipinski definition) is 2. The Morgan fingerprint density at radius 1 is 1.53 bits per heavy atom. The average Bonchev–Trinajstić information content (AvgIpc) is 2.72. The molecule has 90 valence electrons. The molecule has 0 bridgehead atoms. The second-order valence-corrected chi connectivity index (χ2v) is 3.87. The van der Waals surface area contributed by atoms with Gasteiger partial charge in [-0.15, -0.1) is 0 Å². The van der Waals surface area contributed by atoms with Gasteiger partial charge in [0.05, 0.1) is 24.3 Å². The van der Waals surface area contributed by atoms with Crippen molar-refractivity contribution in [3.8, 4) is 0 Å². The maximum Gasteiger partial charge on any atom is 0.125 e. The summed E-state index contributed by atoms with van der Waals surface area (Å²) in [7, 11) is 1.90. The number of imidazole rings is 1. The van der Waals surface area contributed by atoms with Gasteiger partial charge in [0.15, 0.2) is 0 Å². The Labute approximate surface area is 99.3 Å². The van der Waals surface area contributed by atoms with Crippen LogP contribution in [-0.4, -0.2) is 16.1 Å². The molecule has 1 aromatic carbocycles. The van der Waals surface area contributed by atoms with Crippen molar-refractivity contribution in [3.63, 3.8) is 0 Å². The minimum Gasteiger partial charge on any atom is -0.375 e. The number of nitrogens with two attached hydrogens (primary N) is 1. The second kappa shape index (κ2) is 4.97. The normalized spacial score (nSPS) is 12.4. The minimum atomic E-state index is -0.268. The maximum absolute atomic E-state index is 13.1. The van der Waals surface area contributed by atoms with E-state index in [9.17, 15) is 4.39 Å². The van der Waals surface area contributed by atoms with Crippen molar-refractivity contribution in [3.05, 3.63) is 48.3 Å². The topological polar surface area (TPSA) is 55.9 Å². The number of nitrogens with one attached hydrogen (secondary N) is 1. The molecule has 0 spiro atoms. The van der Waals surface area contributed by atoms with Gasteiger partial charge in [0, 0.05) is 19.3 Å². The van der Waals surface area contributed by atoms with Crippen LogP contribution in [0.2, 0.25) is 0 Å². The molecule has 0 saturated heterocycles. The van der Waals surface area contributed by atoms with Gasteiger partial charge in [0.1, 0.15) is 5.82 Å². The molecule has 0 saturated carbocycles. The summed E-state index contributed by atoms with van der Waals surface area (Å²) < 4.78 is 14.9. The molecule has 2 rings (SSSR count). The lowest BCUT2D eigenvalue weighted by Gasteiger charge is -2.18. The molecule has 0 aliphatic heterocycles. The SMILES string of the molecule is Cn1cncc1C(CN)Nc1cccc(F)c1. The van der Waals surface area contributed by atoms with E-state index in [1.807, 2.05) is 17.7 Å². The smallest absolute Gasteiger partial charge is 0.125 e. The van der Waals surface area contributed by atoms with Gasteiger partial charge in [-0.1, -0.05) is 6.07 Å². The Hall–Kier alpha value is -1.88. The van der Waals surface area contributed by atoms with Gasteiger partial charge in [-0.25, -0.2) is 9.37 Å². The summed E-state index contributed by atoms with van der Waals surface area (Å²) >= 11 is 0. The highest BCUT2D eigenvalue weighted by atomic mass is 19.1. The first kappa shape index (κ1) is 11.6. The Kier molecular flexibility index (Phi) is 3.39. The first-order valence-corrected chi connectivity index (χ1v) is 5.39. The molecule has 1 heterocycles. The second-order valence-electron chi connectivity index (χ2n) is 3.87. The van der Waals surface area contributed by atoms with E-state index in [-0.39, 0.29) is 11.9 Å². The molecule has 1 atom stereocenters. The summed E-state index contributed by atoms with van der Waals surface area (Å²) in [5.74, 6) is -0.268. The molecule has 0 aliphatic rings. The lowest BCUT2D eigenvalue weighted by atomic mass is 10.2. The molecule has 1 aromatic heterocycles. The van der Waals surface area contributed by atoms with Gasteiger partial charge in [0.25, 0.3) is 0 Å². The number of benzene rings is 1. The van der Waals surface area contributed by atoms with Crippen molar-refractivity contribution in [1.29, 1.82) is 0 Å². The Balaban J connectivity index is 2.19. The zero-order chi connectivity index (χ0) is 12.3. The molecular weight excluding hydrogens is 219 g/mol. The molecule has 2 aromatic rings. The third-order valence-corrected chi connectivity index (χ3v) is 2.61. The molecule has 4 nitrogen and oxygen atoms in total. The summed E-state index contributed by atoms with van der Waals surface area (Å²) in [5.41, 5.74) is 7.40. The van der Waals surface area contributed by atoms with E-state index < -0.39 is 0 Å². The lowest BCUT2D eigenvalue weighted by molar-refractivity contribution is 0.627. The molecular formula is C12H15FN4. The van der Waals surface area contributed by atoms with E-state index in [0.717, 1.165) is 5.69 Å². The fraction of sp³-hybridized carbons (Fsp3) is 0.250. The molecule has 1 unspecified atom stereocenters. The third-order valence-electron chi connectivity index (χ3n) is 2.61. The highest BCUT2D eigenvalue weighted by Gasteiger charge is 2.12. The number of aryl methyl sites for hydroxylation is 1. The molecule has 3 N–H and O–H groups in total. The van der Waals surface area contributed by atoms with Crippen molar-refractivity contribution in [2.75, 3.05) is 11.9 Å². The maximum atomic E-state index is 13.1. The van der Waals surface area contributed by atoms with Crippen molar-refractivity contribution in [2.24, 2.45) is 12.8 Å². The van der Waals surface area contributed by atoms with Crippen LogP contribution < -0.4 is 11.1 Å². The fourth-order valence-electron chi connectivity index (χ4n) is 1.74. The molecule has 0 aliphatic carbocycles. The predicted molar refractivity (Wildman–Crippen MR) is 65.0 cm³/mol. The van der Waals surface area contributed by atoms with E-state index in [0.29, 0.717) is 12.2 Å². The van der Waals surface area contributed by atoms with E-state index >= 15 is 0 Å². The summed E-state index contributed by atoms with van der Waals surface area (Å²) in [4.78, 5) is 4.04. The largest absolute Gasteiger partial charge is 0.375 e. The molecule has 5 heteroatoms. The fourth-order valence-corrected chi connectivity index (χ4v) is 1.74. The van der Waals surface area contributed by atoms with Crippen LogP contribution in [0.15, 0.2) is 36.8 Å². The number of anilines is 1. The summed E-state index contributed by atoms with van der Waals surface area (Å²) in [5, 5.41) is 3.19. The average molecular weight is 234 g/mol. The van der Waals surface area contributed by atoms with Crippen LogP contribution in [0.3, 0.4) is 0 Å². The van der Waals surface area contributed by atoms with E-state index in [4.69, 9.17) is 5.73 Å². The van der Waals surface area contributed by atoms with E-state index in [2.05, 4.69) is 10.3 Å². The standard InChI is InChI=1S/C12H15FN4/c1-17-8-15-7-12(17)11(6-14)16-10-4-2-3-9(13)5-10/h2-5,7-8,11,16H,6,14H2,1H3. The lowest BCUT2D eigenvalue weighted by Crippen LogP contribution is -2.22. The van der Waals surface area contributed by atoms with Crippen molar-refractivity contribution < 1.29 is 4.39 Å². The molecule has 17 heavy (non-hydrogen) atoms. The van der Waals surface area contributed by atoms with Crippen LogP contribution in [0.5, 0.6) is 0 Å². The quantitative estimate of drug-likeness (QED) is 0.846.